The van der Waals surface area contributed by atoms with E-state index >= 15 is 0 Å². The van der Waals surface area contributed by atoms with E-state index in [2.05, 4.69) is 0 Å². The Hall–Kier alpha value is 0.846. The molecule has 42 valence electrons. The normalized spacial score (nSPS) is 6.75. The molecule has 0 aromatic carbocycles. The van der Waals surface area contributed by atoms with Crippen LogP contribution in [0.4, 0.5) is 0 Å². The number of hydrogen-bond donors (Lipinski definition) is 1. The smallest absolute Gasteiger partial charge is 1.00 e. The number of rotatable bonds is 1. The Morgan fingerprint density at radius 1 is 1.62 bits per heavy atom. The Morgan fingerprint density at radius 3 is 2.00 bits per heavy atom. The van der Waals surface area contributed by atoms with Crippen molar-refractivity contribution in [2.75, 3.05) is 0 Å². The van der Waals surface area contributed by atoms with Gasteiger partial charge in [0.05, 0.1) is 0 Å². The number of carboxylic acid groups (broad SMARTS) is 1. The van der Waals surface area contributed by atoms with Crippen LogP contribution in [0.15, 0.2) is 11.6 Å². The molecule has 0 rings (SSSR count). The molecular weight excluding hydrogens is 131 g/mol. The minimum Gasteiger partial charge on any atom is -1.00 e. The molecule has 0 unspecified atom stereocenters. The Labute approximate surface area is 92.9 Å². The standard InChI is InChI=1S/C5H8O2.K.H/c1-4(2)3-5(6)7;;/h3H,1-2H3,(H,6,7);;/q;+1;-1. The predicted octanol–water partition coefficient (Wildman–Crippen LogP) is -1.85. The number of hydrogen-bond acceptors (Lipinski definition) is 1. The molecule has 1 N–H and O–H groups in total. The van der Waals surface area contributed by atoms with Crippen molar-refractivity contribution in [3.8, 4) is 0 Å². The average Bonchev–Trinajstić information content (AvgIpc) is 1.27. The molecule has 2 nitrogen and oxygen atoms in total. The van der Waals surface area contributed by atoms with Gasteiger partial charge in [-0.3, -0.25) is 0 Å². The summed E-state index contributed by atoms with van der Waals surface area (Å²) in [5.41, 5.74) is 0.813. The van der Waals surface area contributed by atoms with Gasteiger partial charge < -0.3 is 6.53 Å². The minimum atomic E-state index is -0.875. The van der Waals surface area contributed by atoms with E-state index in [9.17, 15) is 4.79 Å². The molecule has 0 aromatic rings. The molecule has 0 aromatic heterocycles. The second kappa shape index (κ2) is 5.97. The molecule has 3 heteroatoms. The van der Waals surface area contributed by atoms with E-state index in [0.717, 1.165) is 5.57 Å². The van der Waals surface area contributed by atoms with Gasteiger partial charge in [-0.05, 0) is 13.8 Å². The maximum absolute atomic E-state index is 9.73. The summed E-state index contributed by atoms with van der Waals surface area (Å²) >= 11 is 0. The van der Waals surface area contributed by atoms with Gasteiger partial charge in [0.15, 0.2) is 0 Å². The third kappa shape index (κ3) is 9.96. The molecule has 0 heterocycles. The molecule has 0 spiro atoms. The van der Waals surface area contributed by atoms with E-state index in [0.29, 0.717) is 0 Å². The van der Waals surface area contributed by atoms with Gasteiger partial charge >= 0.3 is 57.4 Å². The SMILES string of the molecule is CC(C)=CC(=O)O.[H-].[K+]. The fraction of sp³-hybridized carbons (Fsp3) is 0.400. The minimum absolute atomic E-state index is 0. The van der Waals surface area contributed by atoms with Gasteiger partial charge in [-0.25, -0.2) is 4.79 Å². The molecule has 0 radical (unpaired) electrons. The van der Waals surface area contributed by atoms with Gasteiger partial charge in [0.2, 0.25) is 0 Å². The van der Waals surface area contributed by atoms with Crippen molar-refractivity contribution >= 4 is 5.97 Å². The Morgan fingerprint density at radius 2 is 2.00 bits per heavy atom. The van der Waals surface area contributed by atoms with Gasteiger partial charge in [-0.1, -0.05) is 5.57 Å². The maximum Gasteiger partial charge on any atom is 1.00 e. The third-order valence-corrected chi connectivity index (χ3v) is 0.412. The van der Waals surface area contributed by atoms with Gasteiger partial charge in [0.25, 0.3) is 0 Å². The zero-order valence-electron chi connectivity index (χ0n) is 6.43. The maximum atomic E-state index is 9.73. The van der Waals surface area contributed by atoms with E-state index in [4.69, 9.17) is 5.11 Å². The molecule has 8 heavy (non-hydrogen) atoms. The van der Waals surface area contributed by atoms with Crippen molar-refractivity contribution in [1.82, 2.24) is 0 Å². The van der Waals surface area contributed by atoms with Gasteiger partial charge in [0.1, 0.15) is 0 Å². The van der Waals surface area contributed by atoms with Crippen molar-refractivity contribution in [1.29, 1.82) is 0 Å². The Kier molecular flexibility index (Phi) is 8.68. The first-order valence-corrected chi connectivity index (χ1v) is 2.01. The number of allylic oxidation sites excluding steroid dienone is 1. The first-order valence-electron chi connectivity index (χ1n) is 2.01. The molecule has 0 aliphatic carbocycles. The largest absolute Gasteiger partial charge is 1.00 e. The van der Waals surface area contributed by atoms with Crippen molar-refractivity contribution in [2.24, 2.45) is 0 Å². The van der Waals surface area contributed by atoms with E-state index < -0.39 is 5.97 Å². The average molecular weight is 140 g/mol. The van der Waals surface area contributed by atoms with Crippen LogP contribution in [0, 0.1) is 0 Å². The first kappa shape index (κ1) is 11.6. The number of carboxylic acids is 1. The van der Waals surface area contributed by atoms with E-state index in [1.807, 2.05) is 0 Å². The molecule has 0 saturated heterocycles. The summed E-state index contributed by atoms with van der Waals surface area (Å²) in [5.74, 6) is -0.875. The summed E-state index contributed by atoms with van der Waals surface area (Å²) in [7, 11) is 0. The fourth-order valence-corrected chi connectivity index (χ4v) is 0.247. The third-order valence-electron chi connectivity index (χ3n) is 0.412. The van der Waals surface area contributed by atoms with Crippen LogP contribution in [-0.2, 0) is 4.79 Å². The predicted molar refractivity (Wildman–Crippen MR) is 28.2 cm³/mol. The molecule has 0 aliphatic rings. The van der Waals surface area contributed by atoms with Crippen LogP contribution in [0.25, 0.3) is 0 Å². The zero-order valence-corrected chi connectivity index (χ0v) is 8.56. The van der Waals surface area contributed by atoms with Crippen LogP contribution in [-0.4, -0.2) is 11.1 Å². The van der Waals surface area contributed by atoms with E-state index in [-0.39, 0.29) is 52.8 Å². The van der Waals surface area contributed by atoms with Gasteiger partial charge in [-0.2, -0.15) is 0 Å². The van der Waals surface area contributed by atoms with Crippen molar-refractivity contribution < 1.29 is 62.7 Å². The summed E-state index contributed by atoms with van der Waals surface area (Å²) in [6.07, 6.45) is 1.17. The molecule has 0 bridgehead atoms. The van der Waals surface area contributed by atoms with Crippen molar-refractivity contribution in [2.45, 2.75) is 13.8 Å². The monoisotopic (exact) mass is 140 g/mol. The summed E-state index contributed by atoms with van der Waals surface area (Å²) in [6, 6.07) is 0. The van der Waals surface area contributed by atoms with E-state index in [1.165, 1.54) is 6.08 Å². The zero-order chi connectivity index (χ0) is 5.86. The van der Waals surface area contributed by atoms with Crippen LogP contribution in [0.1, 0.15) is 15.3 Å². The number of aliphatic carboxylic acids is 1. The fourth-order valence-electron chi connectivity index (χ4n) is 0.247. The quantitative estimate of drug-likeness (QED) is 0.343. The Bertz CT molecular complexity index is 108. The van der Waals surface area contributed by atoms with Crippen LogP contribution >= 0.6 is 0 Å². The van der Waals surface area contributed by atoms with Crippen LogP contribution in [0.5, 0.6) is 0 Å². The number of carbonyl (C=O) groups is 1. The summed E-state index contributed by atoms with van der Waals surface area (Å²) < 4.78 is 0. The van der Waals surface area contributed by atoms with Crippen molar-refractivity contribution in [3.05, 3.63) is 11.6 Å². The molecular formula is C5H9KO2. The second-order valence-corrected chi connectivity index (χ2v) is 1.56. The van der Waals surface area contributed by atoms with Crippen LogP contribution in [0.3, 0.4) is 0 Å². The summed E-state index contributed by atoms with van der Waals surface area (Å²) in [6.45, 7) is 3.49. The topological polar surface area (TPSA) is 37.3 Å². The summed E-state index contributed by atoms with van der Waals surface area (Å²) in [5, 5.41) is 8.01. The first-order chi connectivity index (χ1) is 3.13. The molecule has 0 amide bonds. The van der Waals surface area contributed by atoms with Crippen molar-refractivity contribution in [3.63, 3.8) is 0 Å². The second-order valence-electron chi connectivity index (χ2n) is 1.56. The molecule has 0 fully saturated rings. The molecule has 0 aliphatic heterocycles. The van der Waals surface area contributed by atoms with Crippen LogP contribution in [0.2, 0.25) is 0 Å². The van der Waals surface area contributed by atoms with Gasteiger partial charge in [-0.15, -0.1) is 0 Å². The van der Waals surface area contributed by atoms with Gasteiger partial charge in [0, 0.05) is 6.08 Å². The molecule has 0 atom stereocenters. The van der Waals surface area contributed by atoms with E-state index in [1.54, 1.807) is 13.8 Å². The van der Waals surface area contributed by atoms with Crippen LogP contribution < -0.4 is 51.4 Å². The summed E-state index contributed by atoms with van der Waals surface area (Å²) in [4.78, 5) is 9.73. The molecule has 0 saturated carbocycles. The Balaban J connectivity index is -0.000000180.